The number of aromatic hydroxyl groups is 1. The Morgan fingerprint density at radius 2 is 1.85 bits per heavy atom. The van der Waals surface area contributed by atoms with Crippen LogP contribution in [0.5, 0.6) is 5.75 Å². The van der Waals surface area contributed by atoms with E-state index in [-0.39, 0.29) is 5.75 Å². The van der Waals surface area contributed by atoms with E-state index in [0.29, 0.717) is 11.4 Å². The van der Waals surface area contributed by atoms with Gasteiger partial charge in [-0.25, -0.2) is 9.98 Å². The van der Waals surface area contributed by atoms with Crippen molar-refractivity contribution in [1.29, 1.82) is 0 Å². The summed E-state index contributed by atoms with van der Waals surface area (Å²) >= 11 is 0. The number of phenols is 1. The average molecular weight is 262 g/mol. The molecule has 0 aliphatic heterocycles. The van der Waals surface area contributed by atoms with Crippen molar-refractivity contribution >= 4 is 22.8 Å². The number of hydrogen-bond donors (Lipinski definition) is 1. The summed E-state index contributed by atoms with van der Waals surface area (Å²) in [5.74, 6) is 0.886. The summed E-state index contributed by atoms with van der Waals surface area (Å²) in [6, 6.07) is 17.2. The Labute approximate surface area is 117 Å². The Morgan fingerprint density at radius 1 is 1.00 bits per heavy atom. The highest BCUT2D eigenvalue weighted by Gasteiger charge is 2.03. The number of aliphatic imine (C=N–C) groups is 1. The second kappa shape index (κ2) is 5.13. The molecule has 3 nitrogen and oxygen atoms in total. The van der Waals surface area contributed by atoms with Crippen molar-refractivity contribution < 1.29 is 5.11 Å². The number of rotatable bonds is 2. The van der Waals surface area contributed by atoms with Crippen molar-refractivity contribution in [2.45, 2.75) is 6.92 Å². The van der Waals surface area contributed by atoms with Gasteiger partial charge in [0.2, 0.25) is 0 Å². The van der Waals surface area contributed by atoms with Gasteiger partial charge in [-0.3, -0.25) is 0 Å². The Morgan fingerprint density at radius 3 is 2.70 bits per heavy atom. The first-order valence-electron chi connectivity index (χ1n) is 6.42. The van der Waals surface area contributed by atoms with Crippen LogP contribution in [0.1, 0.15) is 11.3 Å². The van der Waals surface area contributed by atoms with Gasteiger partial charge in [-0.1, -0.05) is 36.4 Å². The van der Waals surface area contributed by atoms with Gasteiger partial charge in [0.25, 0.3) is 0 Å². The van der Waals surface area contributed by atoms with E-state index in [2.05, 4.69) is 9.98 Å². The summed E-state index contributed by atoms with van der Waals surface area (Å²) in [6.07, 6.45) is 1.64. The zero-order valence-corrected chi connectivity index (χ0v) is 11.1. The number of nitrogens with zero attached hydrogens (tertiary/aromatic N) is 2. The van der Waals surface area contributed by atoms with Crippen LogP contribution in [0.3, 0.4) is 0 Å². The Kier molecular flexibility index (Phi) is 3.17. The van der Waals surface area contributed by atoms with Crippen LogP contribution in [0.4, 0.5) is 5.82 Å². The third kappa shape index (κ3) is 2.38. The highest BCUT2D eigenvalue weighted by Crippen LogP contribution is 2.27. The zero-order valence-electron chi connectivity index (χ0n) is 11.1. The molecule has 0 spiro atoms. The van der Waals surface area contributed by atoms with Crippen molar-refractivity contribution in [2.24, 2.45) is 4.99 Å². The standard InChI is InChI=1S/C17H14N2O/c1-12-5-4-8-16(19-12)18-11-14-10-9-13-6-2-3-7-15(13)17(14)20/h2-11,20H,1H3/b18-11+. The lowest BCUT2D eigenvalue weighted by Gasteiger charge is -2.03. The lowest BCUT2D eigenvalue weighted by atomic mass is 10.1. The normalized spacial score (nSPS) is 11.2. The second-order valence-corrected chi connectivity index (χ2v) is 4.62. The minimum atomic E-state index is 0.250. The number of aromatic nitrogens is 1. The topological polar surface area (TPSA) is 45.5 Å². The van der Waals surface area contributed by atoms with Gasteiger partial charge in [0.05, 0.1) is 0 Å². The predicted octanol–water partition coefficient (Wildman–Crippen LogP) is 4.00. The minimum Gasteiger partial charge on any atom is -0.507 e. The molecule has 0 amide bonds. The van der Waals surface area contributed by atoms with Gasteiger partial charge in [0.15, 0.2) is 5.82 Å². The van der Waals surface area contributed by atoms with Gasteiger partial charge in [-0.05, 0) is 30.5 Å². The van der Waals surface area contributed by atoms with Crippen LogP contribution >= 0.6 is 0 Å². The maximum Gasteiger partial charge on any atom is 0.152 e. The zero-order chi connectivity index (χ0) is 13.9. The highest BCUT2D eigenvalue weighted by molar-refractivity contribution is 5.97. The van der Waals surface area contributed by atoms with Gasteiger partial charge in [0, 0.05) is 22.9 Å². The Balaban J connectivity index is 2.01. The summed E-state index contributed by atoms with van der Waals surface area (Å²) in [4.78, 5) is 8.61. The molecule has 0 unspecified atom stereocenters. The lowest BCUT2D eigenvalue weighted by molar-refractivity contribution is 0.481. The second-order valence-electron chi connectivity index (χ2n) is 4.62. The van der Waals surface area contributed by atoms with Gasteiger partial charge < -0.3 is 5.11 Å². The molecule has 0 saturated heterocycles. The van der Waals surface area contributed by atoms with Gasteiger partial charge in [-0.15, -0.1) is 0 Å². The SMILES string of the molecule is Cc1cccc(/N=C/c2ccc3ccccc3c2O)n1. The van der Waals surface area contributed by atoms with Gasteiger partial charge in [0.1, 0.15) is 5.75 Å². The molecular formula is C17H14N2O. The molecule has 3 heteroatoms. The highest BCUT2D eigenvalue weighted by atomic mass is 16.3. The molecule has 98 valence electrons. The molecule has 0 aliphatic rings. The van der Waals surface area contributed by atoms with Crippen LogP contribution in [0, 0.1) is 6.92 Å². The quantitative estimate of drug-likeness (QED) is 0.709. The summed E-state index contributed by atoms with van der Waals surface area (Å²) in [7, 11) is 0. The summed E-state index contributed by atoms with van der Waals surface area (Å²) in [5, 5.41) is 12.1. The molecule has 0 aliphatic carbocycles. The molecule has 0 atom stereocenters. The van der Waals surface area contributed by atoms with E-state index in [0.717, 1.165) is 16.5 Å². The van der Waals surface area contributed by atoms with Crippen molar-refractivity contribution in [1.82, 2.24) is 4.98 Å². The molecule has 1 aromatic heterocycles. The monoisotopic (exact) mass is 262 g/mol. The number of benzene rings is 2. The van der Waals surface area contributed by atoms with Gasteiger partial charge >= 0.3 is 0 Å². The molecule has 1 N–H and O–H groups in total. The summed E-state index contributed by atoms with van der Waals surface area (Å²) in [6.45, 7) is 1.92. The van der Waals surface area contributed by atoms with Crippen LogP contribution in [0.2, 0.25) is 0 Å². The molecular weight excluding hydrogens is 248 g/mol. The van der Waals surface area contributed by atoms with Crippen LogP contribution in [-0.2, 0) is 0 Å². The molecule has 2 aromatic carbocycles. The van der Waals surface area contributed by atoms with E-state index in [1.54, 1.807) is 6.21 Å². The smallest absolute Gasteiger partial charge is 0.152 e. The Bertz CT molecular complexity index is 794. The maximum atomic E-state index is 10.3. The summed E-state index contributed by atoms with van der Waals surface area (Å²) in [5.41, 5.74) is 1.61. The van der Waals surface area contributed by atoms with E-state index in [9.17, 15) is 5.11 Å². The van der Waals surface area contributed by atoms with Crippen LogP contribution in [-0.4, -0.2) is 16.3 Å². The Hall–Kier alpha value is -2.68. The van der Waals surface area contributed by atoms with E-state index >= 15 is 0 Å². The molecule has 20 heavy (non-hydrogen) atoms. The predicted molar refractivity (Wildman–Crippen MR) is 81.8 cm³/mol. The van der Waals surface area contributed by atoms with Crippen molar-refractivity contribution in [3.8, 4) is 5.75 Å². The number of hydrogen-bond acceptors (Lipinski definition) is 3. The van der Waals surface area contributed by atoms with Crippen LogP contribution < -0.4 is 0 Å². The molecule has 0 saturated carbocycles. The maximum absolute atomic E-state index is 10.3. The third-order valence-electron chi connectivity index (χ3n) is 3.14. The first-order chi connectivity index (χ1) is 9.74. The van der Waals surface area contributed by atoms with E-state index in [1.165, 1.54) is 0 Å². The number of phenolic OH excluding ortho intramolecular Hbond substituents is 1. The molecule has 0 bridgehead atoms. The molecule has 1 heterocycles. The van der Waals surface area contributed by atoms with Crippen LogP contribution in [0.25, 0.3) is 10.8 Å². The van der Waals surface area contributed by atoms with Crippen molar-refractivity contribution in [3.05, 3.63) is 65.9 Å². The first-order valence-corrected chi connectivity index (χ1v) is 6.42. The largest absolute Gasteiger partial charge is 0.507 e. The van der Waals surface area contributed by atoms with Crippen LogP contribution in [0.15, 0.2) is 59.6 Å². The average Bonchev–Trinajstić information content (AvgIpc) is 2.47. The minimum absolute atomic E-state index is 0.250. The van der Waals surface area contributed by atoms with Crippen molar-refractivity contribution in [2.75, 3.05) is 0 Å². The molecule has 0 radical (unpaired) electrons. The third-order valence-corrected chi connectivity index (χ3v) is 3.14. The molecule has 3 rings (SSSR count). The van der Waals surface area contributed by atoms with Crippen molar-refractivity contribution in [3.63, 3.8) is 0 Å². The fourth-order valence-electron chi connectivity index (χ4n) is 2.11. The first kappa shape index (κ1) is 12.4. The number of pyridine rings is 1. The number of aryl methyl sites for hydroxylation is 1. The lowest BCUT2D eigenvalue weighted by Crippen LogP contribution is -1.85. The fourth-order valence-corrected chi connectivity index (χ4v) is 2.11. The van der Waals surface area contributed by atoms with E-state index < -0.39 is 0 Å². The fraction of sp³-hybridized carbons (Fsp3) is 0.0588. The molecule has 0 fully saturated rings. The summed E-state index contributed by atoms with van der Waals surface area (Å²) < 4.78 is 0. The number of fused-ring (bicyclic) bond motifs is 1. The molecule has 3 aromatic rings. The van der Waals surface area contributed by atoms with E-state index in [1.807, 2.05) is 61.5 Å². The van der Waals surface area contributed by atoms with E-state index in [4.69, 9.17) is 0 Å². The van der Waals surface area contributed by atoms with Gasteiger partial charge in [-0.2, -0.15) is 0 Å².